The van der Waals surface area contributed by atoms with Gasteiger partial charge in [-0.1, -0.05) is 0 Å². The van der Waals surface area contributed by atoms with Crippen LogP contribution in [0.4, 0.5) is 0 Å². The van der Waals surface area contributed by atoms with E-state index < -0.39 is 0 Å². The van der Waals surface area contributed by atoms with Crippen LogP contribution in [-0.4, -0.2) is 16.6 Å². The van der Waals surface area contributed by atoms with Gasteiger partial charge < -0.3 is 0 Å². The molecule has 0 saturated heterocycles. The summed E-state index contributed by atoms with van der Waals surface area (Å²) in [6.07, 6.45) is 1.56. The SMILES string of the molecule is O=C(CCl)c1cc(Br)ncc1Br. The Morgan fingerprint density at radius 1 is 1.58 bits per heavy atom. The van der Waals surface area contributed by atoms with Crippen molar-refractivity contribution >= 4 is 49.2 Å². The van der Waals surface area contributed by atoms with Gasteiger partial charge in [-0.15, -0.1) is 11.6 Å². The molecule has 0 amide bonds. The van der Waals surface area contributed by atoms with Gasteiger partial charge in [0.1, 0.15) is 4.60 Å². The first kappa shape index (κ1) is 10.2. The van der Waals surface area contributed by atoms with Crippen LogP contribution in [0, 0.1) is 0 Å². The van der Waals surface area contributed by atoms with E-state index in [9.17, 15) is 4.79 Å². The molecule has 0 spiro atoms. The summed E-state index contributed by atoms with van der Waals surface area (Å²) in [6, 6.07) is 1.63. The second-order valence-electron chi connectivity index (χ2n) is 2.04. The van der Waals surface area contributed by atoms with Crippen molar-refractivity contribution < 1.29 is 4.79 Å². The van der Waals surface area contributed by atoms with E-state index in [1.807, 2.05) is 0 Å². The fraction of sp³-hybridized carbons (Fsp3) is 0.143. The molecule has 0 bridgehead atoms. The Morgan fingerprint density at radius 3 is 2.83 bits per heavy atom. The molecule has 0 aliphatic heterocycles. The van der Waals surface area contributed by atoms with Crippen molar-refractivity contribution in [3.05, 3.63) is 26.9 Å². The number of carbonyl (C=O) groups excluding carboxylic acids is 1. The third-order valence-electron chi connectivity index (χ3n) is 1.24. The first-order valence-electron chi connectivity index (χ1n) is 3.05. The maximum absolute atomic E-state index is 11.2. The second kappa shape index (κ2) is 4.35. The molecular weight excluding hydrogens is 309 g/mol. The minimum Gasteiger partial charge on any atom is -0.293 e. The molecule has 1 aromatic heterocycles. The highest BCUT2D eigenvalue weighted by molar-refractivity contribution is 9.11. The van der Waals surface area contributed by atoms with Gasteiger partial charge in [0.15, 0.2) is 5.78 Å². The molecule has 64 valence electrons. The molecule has 0 radical (unpaired) electrons. The number of pyridine rings is 1. The number of nitrogens with zero attached hydrogens (tertiary/aromatic N) is 1. The normalized spacial score (nSPS) is 9.92. The standard InChI is InChI=1S/C7H4Br2ClNO/c8-5-3-11-7(9)1-4(5)6(12)2-10/h1,3H,2H2. The molecule has 1 rings (SSSR count). The van der Waals surface area contributed by atoms with E-state index in [0.29, 0.717) is 14.6 Å². The number of rotatable bonds is 2. The van der Waals surface area contributed by atoms with Gasteiger partial charge in [-0.25, -0.2) is 4.98 Å². The molecule has 1 heterocycles. The smallest absolute Gasteiger partial charge is 0.178 e. The maximum atomic E-state index is 11.2. The average Bonchev–Trinajstić information content (AvgIpc) is 2.08. The van der Waals surface area contributed by atoms with Crippen molar-refractivity contribution in [1.82, 2.24) is 4.98 Å². The van der Waals surface area contributed by atoms with Gasteiger partial charge in [0.05, 0.1) is 5.88 Å². The van der Waals surface area contributed by atoms with Crippen LogP contribution < -0.4 is 0 Å². The molecule has 0 N–H and O–H groups in total. The zero-order chi connectivity index (χ0) is 9.14. The topological polar surface area (TPSA) is 30.0 Å². The Labute approximate surface area is 91.6 Å². The molecule has 5 heteroatoms. The fourth-order valence-electron chi connectivity index (χ4n) is 0.699. The van der Waals surface area contributed by atoms with Gasteiger partial charge in [0.2, 0.25) is 0 Å². The minimum atomic E-state index is -0.119. The second-order valence-corrected chi connectivity index (χ2v) is 3.98. The molecule has 0 aliphatic rings. The van der Waals surface area contributed by atoms with Gasteiger partial charge >= 0.3 is 0 Å². The predicted octanol–water partition coefficient (Wildman–Crippen LogP) is 3.03. The van der Waals surface area contributed by atoms with E-state index in [-0.39, 0.29) is 11.7 Å². The van der Waals surface area contributed by atoms with Gasteiger partial charge in [-0.05, 0) is 37.9 Å². The van der Waals surface area contributed by atoms with Gasteiger partial charge in [-0.3, -0.25) is 4.79 Å². The third-order valence-corrected chi connectivity index (χ3v) is 2.55. The minimum absolute atomic E-state index is 0.0188. The lowest BCUT2D eigenvalue weighted by molar-refractivity contribution is 0.102. The van der Waals surface area contributed by atoms with E-state index in [4.69, 9.17) is 11.6 Å². The van der Waals surface area contributed by atoms with Crippen molar-refractivity contribution in [2.24, 2.45) is 0 Å². The van der Waals surface area contributed by atoms with E-state index in [1.165, 1.54) is 0 Å². The van der Waals surface area contributed by atoms with Crippen LogP contribution in [0.3, 0.4) is 0 Å². The zero-order valence-corrected chi connectivity index (χ0v) is 9.78. The Balaban J connectivity index is 3.13. The lowest BCUT2D eigenvalue weighted by Gasteiger charge is -1.99. The average molecular weight is 313 g/mol. The Morgan fingerprint density at radius 2 is 2.25 bits per heavy atom. The maximum Gasteiger partial charge on any atom is 0.178 e. The monoisotopic (exact) mass is 311 g/mol. The summed E-state index contributed by atoms with van der Waals surface area (Å²) in [4.78, 5) is 15.1. The highest BCUT2D eigenvalue weighted by Crippen LogP contribution is 2.19. The summed E-state index contributed by atoms with van der Waals surface area (Å²) in [5.41, 5.74) is 0.548. The number of aromatic nitrogens is 1. The van der Waals surface area contributed by atoms with Crippen LogP contribution >= 0.6 is 43.5 Å². The molecule has 1 aromatic rings. The summed E-state index contributed by atoms with van der Waals surface area (Å²) in [6.45, 7) is 0. The molecule has 0 atom stereocenters. The van der Waals surface area contributed by atoms with E-state index in [0.717, 1.165) is 0 Å². The van der Waals surface area contributed by atoms with Crippen LogP contribution in [0.25, 0.3) is 0 Å². The lowest BCUT2D eigenvalue weighted by atomic mass is 10.2. The molecule has 0 aromatic carbocycles. The summed E-state index contributed by atoms with van der Waals surface area (Å²) >= 11 is 11.8. The van der Waals surface area contributed by atoms with Crippen molar-refractivity contribution in [1.29, 1.82) is 0 Å². The van der Waals surface area contributed by atoms with Crippen LogP contribution in [0.5, 0.6) is 0 Å². The molecule has 0 unspecified atom stereocenters. The number of ketones is 1. The van der Waals surface area contributed by atoms with Crippen molar-refractivity contribution in [3.63, 3.8) is 0 Å². The number of alkyl halides is 1. The summed E-state index contributed by atoms with van der Waals surface area (Å²) in [5, 5.41) is 0. The van der Waals surface area contributed by atoms with Gasteiger partial charge in [0.25, 0.3) is 0 Å². The molecule has 12 heavy (non-hydrogen) atoms. The molecule has 0 saturated carbocycles. The van der Waals surface area contributed by atoms with Crippen LogP contribution in [-0.2, 0) is 0 Å². The van der Waals surface area contributed by atoms with Crippen molar-refractivity contribution in [2.45, 2.75) is 0 Å². The summed E-state index contributed by atoms with van der Waals surface area (Å²) < 4.78 is 1.29. The molecule has 2 nitrogen and oxygen atoms in total. The predicted molar refractivity (Wildman–Crippen MR) is 54.7 cm³/mol. The van der Waals surface area contributed by atoms with Crippen molar-refractivity contribution in [3.8, 4) is 0 Å². The Hall–Kier alpha value is 0.0700. The van der Waals surface area contributed by atoms with Gasteiger partial charge in [-0.2, -0.15) is 0 Å². The largest absolute Gasteiger partial charge is 0.293 e. The molecule has 0 aliphatic carbocycles. The Kier molecular flexibility index (Phi) is 3.68. The van der Waals surface area contributed by atoms with Gasteiger partial charge in [0, 0.05) is 16.2 Å². The Bertz CT molecular complexity index is 316. The van der Waals surface area contributed by atoms with Crippen LogP contribution in [0.2, 0.25) is 0 Å². The summed E-state index contributed by atoms with van der Waals surface area (Å²) in [5.74, 6) is -0.138. The van der Waals surface area contributed by atoms with Crippen molar-refractivity contribution in [2.75, 3.05) is 5.88 Å². The number of hydrogen-bond acceptors (Lipinski definition) is 2. The zero-order valence-electron chi connectivity index (χ0n) is 5.85. The molecular formula is C7H4Br2ClNO. The third kappa shape index (κ3) is 2.28. The number of hydrogen-bond donors (Lipinski definition) is 0. The highest BCUT2D eigenvalue weighted by Gasteiger charge is 2.09. The van der Waals surface area contributed by atoms with Crippen LogP contribution in [0.15, 0.2) is 21.3 Å². The van der Waals surface area contributed by atoms with E-state index >= 15 is 0 Å². The number of carbonyl (C=O) groups is 1. The summed E-state index contributed by atoms with van der Waals surface area (Å²) in [7, 11) is 0. The quantitative estimate of drug-likeness (QED) is 0.477. The van der Waals surface area contributed by atoms with E-state index in [2.05, 4.69) is 36.8 Å². The highest BCUT2D eigenvalue weighted by atomic mass is 79.9. The lowest BCUT2D eigenvalue weighted by Crippen LogP contribution is -2.01. The number of Topliss-reactive ketones (excluding diaryl/α,β-unsaturated/α-hetero) is 1. The first-order valence-corrected chi connectivity index (χ1v) is 5.17. The van der Waals surface area contributed by atoms with E-state index in [1.54, 1.807) is 12.3 Å². The fourth-order valence-corrected chi connectivity index (χ4v) is 1.61. The number of halogens is 3. The first-order chi connectivity index (χ1) is 5.65. The molecule has 0 fully saturated rings. The van der Waals surface area contributed by atoms with Crippen LogP contribution in [0.1, 0.15) is 10.4 Å².